The summed E-state index contributed by atoms with van der Waals surface area (Å²) in [5.41, 5.74) is 1.18. The molecule has 0 atom stereocenters. The molecule has 1 aromatic carbocycles. The summed E-state index contributed by atoms with van der Waals surface area (Å²) >= 11 is 0. The van der Waals surface area contributed by atoms with Gasteiger partial charge in [-0.25, -0.2) is 4.39 Å². The van der Waals surface area contributed by atoms with E-state index in [1.807, 2.05) is 0 Å². The minimum atomic E-state index is -3.05. The lowest BCUT2D eigenvalue weighted by Gasteiger charge is -2.07. The van der Waals surface area contributed by atoms with Gasteiger partial charge in [-0.2, -0.15) is 8.78 Å². The molecule has 1 heterocycles. The summed E-state index contributed by atoms with van der Waals surface area (Å²) in [4.78, 5) is 4.05. The Morgan fingerprint density at radius 2 is 2.00 bits per heavy atom. The number of rotatable bonds is 4. The highest BCUT2D eigenvalue weighted by molar-refractivity contribution is 5.39. The summed E-state index contributed by atoms with van der Waals surface area (Å²) in [5, 5.41) is 0. The van der Waals surface area contributed by atoms with Gasteiger partial charge in [0, 0.05) is 18.3 Å². The predicted octanol–water partition coefficient (Wildman–Crippen LogP) is 3.42. The minimum absolute atomic E-state index is 0.477. The molecular formula is C13H9F3NO. The first-order valence-electron chi connectivity index (χ1n) is 5.15. The molecule has 0 saturated heterocycles. The lowest BCUT2D eigenvalue weighted by molar-refractivity contribution is -0.0522. The third-order valence-electron chi connectivity index (χ3n) is 2.17. The Bertz CT molecular complexity index is 517. The molecule has 93 valence electrons. The normalized spacial score (nSPS) is 10.7. The van der Waals surface area contributed by atoms with Crippen molar-refractivity contribution < 1.29 is 17.9 Å². The van der Waals surface area contributed by atoms with Crippen LogP contribution in [0.15, 0.2) is 42.6 Å². The van der Waals surface area contributed by atoms with E-state index in [9.17, 15) is 13.2 Å². The van der Waals surface area contributed by atoms with Gasteiger partial charge in [0.05, 0.1) is 0 Å². The van der Waals surface area contributed by atoms with Gasteiger partial charge in [-0.1, -0.05) is 12.1 Å². The van der Waals surface area contributed by atoms with Crippen molar-refractivity contribution in [2.45, 2.75) is 6.61 Å². The molecule has 2 aromatic rings. The van der Waals surface area contributed by atoms with Crippen LogP contribution < -0.4 is 4.74 Å². The number of halogens is 3. The molecule has 0 unspecified atom stereocenters. The molecule has 0 aliphatic heterocycles. The standard InChI is InChI=1S/C13H9F3NO/c14-11-5-4-9(8-12(11)18-13(15)16)7-10-3-1-2-6-17-10/h1-8,13H. The Kier molecular flexibility index (Phi) is 3.82. The van der Waals surface area contributed by atoms with Gasteiger partial charge >= 0.3 is 6.61 Å². The highest BCUT2D eigenvalue weighted by Crippen LogP contribution is 2.22. The Hall–Kier alpha value is -2.04. The number of nitrogens with zero attached hydrogens (tertiary/aromatic N) is 1. The van der Waals surface area contributed by atoms with E-state index in [1.165, 1.54) is 12.1 Å². The molecule has 0 aliphatic carbocycles. The van der Waals surface area contributed by atoms with Crippen molar-refractivity contribution in [3.63, 3.8) is 0 Å². The van der Waals surface area contributed by atoms with E-state index in [1.54, 1.807) is 30.8 Å². The number of hydrogen-bond donors (Lipinski definition) is 0. The first-order valence-corrected chi connectivity index (χ1v) is 5.15. The van der Waals surface area contributed by atoms with E-state index in [4.69, 9.17) is 0 Å². The zero-order valence-corrected chi connectivity index (χ0v) is 9.19. The number of aromatic nitrogens is 1. The third kappa shape index (κ3) is 3.23. The molecule has 0 bridgehead atoms. The van der Waals surface area contributed by atoms with Gasteiger partial charge in [0.25, 0.3) is 0 Å². The smallest absolute Gasteiger partial charge is 0.387 e. The molecule has 0 saturated carbocycles. The summed E-state index contributed by atoms with van der Waals surface area (Å²) in [6.45, 7) is -3.05. The average Bonchev–Trinajstić information content (AvgIpc) is 2.34. The van der Waals surface area contributed by atoms with Crippen molar-refractivity contribution >= 4 is 0 Å². The van der Waals surface area contributed by atoms with E-state index >= 15 is 0 Å². The fourth-order valence-electron chi connectivity index (χ4n) is 1.43. The molecular weight excluding hydrogens is 243 g/mol. The Morgan fingerprint density at radius 1 is 1.17 bits per heavy atom. The second-order valence-electron chi connectivity index (χ2n) is 3.47. The van der Waals surface area contributed by atoms with Crippen molar-refractivity contribution in [1.29, 1.82) is 0 Å². The van der Waals surface area contributed by atoms with Crippen LogP contribution in [0, 0.1) is 12.2 Å². The molecule has 0 fully saturated rings. The van der Waals surface area contributed by atoms with Gasteiger partial charge in [0.1, 0.15) is 0 Å². The SMILES string of the molecule is Fc1ccc([CH]c2ccccn2)cc1OC(F)F. The van der Waals surface area contributed by atoms with Crippen LogP contribution in [-0.2, 0) is 0 Å². The highest BCUT2D eigenvalue weighted by atomic mass is 19.3. The van der Waals surface area contributed by atoms with Gasteiger partial charge in [-0.05, 0) is 29.8 Å². The second kappa shape index (κ2) is 5.53. The van der Waals surface area contributed by atoms with E-state index in [0.717, 1.165) is 6.07 Å². The molecule has 0 aliphatic rings. The van der Waals surface area contributed by atoms with Crippen LogP contribution in [0.1, 0.15) is 11.3 Å². The summed E-state index contributed by atoms with van der Waals surface area (Å²) < 4.78 is 41.4. The van der Waals surface area contributed by atoms with E-state index in [2.05, 4.69) is 9.72 Å². The van der Waals surface area contributed by atoms with Crippen LogP contribution in [0.25, 0.3) is 0 Å². The van der Waals surface area contributed by atoms with Crippen LogP contribution in [0.2, 0.25) is 0 Å². The summed E-state index contributed by atoms with van der Waals surface area (Å²) in [5.74, 6) is -1.30. The summed E-state index contributed by atoms with van der Waals surface area (Å²) in [7, 11) is 0. The summed E-state index contributed by atoms with van der Waals surface area (Å²) in [6.07, 6.45) is 3.24. The van der Waals surface area contributed by atoms with Crippen LogP contribution in [0.5, 0.6) is 5.75 Å². The topological polar surface area (TPSA) is 22.1 Å². The molecule has 1 aromatic heterocycles. The maximum absolute atomic E-state index is 13.2. The number of alkyl halides is 2. The average molecular weight is 252 g/mol. The molecule has 0 N–H and O–H groups in total. The van der Waals surface area contributed by atoms with E-state index < -0.39 is 18.2 Å². The van der Waals surface area contributed by atoms with Gasteiger partial charge in [0.15, 0.2) is 11.6 Å². The highest BCUT2D eigenvalue weighted by Gasteiger charge is 2.11. The van der Waals surface area contributed by atoms with Crippen LogP contribution in [0.4, 0.5) is 13.2 Å². The fraction of sp³-hybridized carbons (Fsp3) is 0.0769. The first-order chi connectivity index (χ1) is 8.65. The van der Waals surface area contributed by atoms with Crippen LogP contribution >= 0.6 is 0 Å². The van der Waals surface area contributed by atoms with Crippen molar-refractivity contribution in [2.75, 3.05) is 0 Å². The quantitative estimate of drug-likeness (QED) is 0.831. The monoisotopic (exact) mass is 252 g/mol. The predicted molar refractivity (Wildman–Crippen MR) is 59.8 cm³/mol. The van der Waals surface area contributed by atoms with Crippen LogP contribution in [0.3, 0.4) is 0 Å². The van der Waals surface area contributed by atoms with Gasteiger partial charge in [-0.3, -0.25) is 4.98 Å². The largest absolute Gasteiger partial charge is 0.432 e. The Labute approximate surface area is 102 Å². The second-order valence-corrected chi connectivity index (χ2v) is 3.47. The van der Waals surface area contributed by atoms with Gasteiger partial charge in [-0.15, -0.1) is 0 Å². The molecule has 0 amide bonds. The molecule has 2 nitrogen and oxygen atoms in total. The maximum atomic E-state index is 13.2. The number of benzene rings is 1. The van der Waals surface area contributed by atoms with E-state index in [-0.39, 0.29) is 0 Å². The maximum Gasteiger partial charge on any atom is 0.387 e. The Morgan fingerprint density at radius 3 is 2.67 bits per heavy atom. The summed E-state index contributed by atoms with van der Waals surface area (Å²) in [6, 6.07) is 9.04. The number of hydrogen-bond acceptors (Lipinski definition) is 2. The molecule has 18 heavy (non-hydrogen) atoms. The zero-order chi connectivity index (χ0) is 13.0. The first kappa shape index (κ1) is 12.4. The molecule has 2 rings (SSSR count). The number of ether oxygens (including phenoxy) is 1. The molecule has 5 heteroatoms. The zero-order valence-electron chi connectivity index (χ0n) is 9.19. The number of pyridine rings is 1. The lowest BCUT2D eigenvalue weighted by atomic mass is 10.1. The van der Waals surface area contributed by atoms with Gasteiger partial charge in [0.2, 0.25) is 0 Å². The van der Waals surface area contributed by atoms with Crippen molar-refractivity contribution in [1.82, 2.24) is 4.98 Å². The molecule has 0 spiro atoms. The van der Waals surface area contributed by atoms with Crippen molar-refractivity contribution in [2.24, 2.45) is 0 Å². The van der Waals surface area contributed by atoms with Crippen molar-refractivity contribution in [3.8, 4) is 5.75 Å². The minimum Gasteiger partial charge on any atom is -0.432 e. The molecule has 1 radical (unpaired) electrons. The van der Waals surface area contributed by atoms with Crippen LogP contribution in [-0.4, -0.2) is 11.6 Å². The van der Waals surface area contributed by atoms with Crippen molar-refractivity contribution in [3.05, 3.63) is 66.1 Å². The fourth-order valence-corrected chi connectivity index (χ4v) is 1.43. The lowest BCUT2D eigenvalue weighted by Crippen LogP contribution is -2.04. The Balaban J connectivity index is 2.19. The third-order valence-corrected chi connectivity index (χ3v) is 2.17. The van der Waals surface area contributed by atoms with Gasteiger partial charge < -0.3 is 4.74 Å². The van der Waals surface area contributed by atoms with E-state index in [0.29, 0.717) is 11.3 Å².